The second-order valence-electron chi connectivity index (χ2n) is 8.49. The molecule has 0 aliphatic rings. The summed E-state index contributed by atoms with van der Waals surface area (Å²) in [6.45, 7) is 0. The molecule has 0 bridgehead atoms. The second-order valence-corrected chi connectivity index (χ2v) is 8.82. The molecule has 0 unspecified atom stereocenters. The normalized spacial score (nSPS) is 12.0. The van der Waals surface area contributed by atoms with Crippen LogP contribution in [-0.2, 0) is 0 Å². The number of hydrogen-bond acceptors (Lipinski definition) is 3. The van der Waals surface area contributed by atoms with Crippen molar-refractivity contribution in [1.82, 2.24) is 23.9 Å². The van der Waals surface area contributed by atoms with Crippen LogP contribution in [0.25, 0.3) is 10.6 Å². The van der Waals surface area contributed by atoms with E-state index in [-0.39, 0.29) is 17.2 Å². The lowest BCUT2D eigenvalue weighted by molar-refractivity contribution is 0.486. The van der Waals surface area contributed by atoms with Gasteiger partial charge in [0.1, 0.15) is 11.4 Å². The van der Waals surface area contributed by atoms with E-state index in [4.69, 9.17) is 11.6 Å². The van der Waals surface area contributed by atoms with Gasteiger partial charge in [0.05, 0.1) is 47.6 Å². The van der Waals surface area contributed by atoms with Crippen molar-refractivity contribution in [2.24, 2.45) is 0 Å². The largest absolute Gasteiger partial charge is 0.359 e. The lowest BCUT2D eigenvalue weighted by atomic mass is 10.2. The molecule has 0 aliphatic carbocycles. The van der Waals surface area contributed by atoms with Crippen LogP contribution in [0.4, 0.5) is 34.6 Å². The van der Waals surface area contributed by atoms with E-state index in [9.17, 15) is 0 Å². The zero-order chi connectivity index (χ0) is 21.2. The molecule has 3 aromatic rings. The van der Waals surface area contributed by atoms with Crippen molar-refractivity contribution in [3.8, 4) is 0 Å². The third kappa shape index (κ3) is 5.63. The van der Waals surface area contributed by atoms with Gasteiger partial charge in [0.15, 0.2) is 0 Å². The van der Waals surface area contributed by atoms with Crippen LogP contribution < -0.4 is 8.97 Å². The molecule has 2 aromatic carbocycles. The predicted molar refractivity (Wildman–Crippen MR) is 122 cm³/mol. The smallest absolute Gasteiger partial charge is 0.132 e. The molecule has 7 nitrogen and oxygen atoms in total. The number of rotatable bonds is 6. The molecule has 0 spiro atoms. The summed E-state index contributed by atoms with van der Waals surface area (Å²) in [6, 6.07) is 15.8. The Labute approximate surface area is 177 Å². The van der Waals surface area contributed by atoms with Crippen LogP contribution >= 0.6 is 11.6 Å². The Morgan fingerprint density at radius 2 is 0.931 bits per heavy atom. The van der Waals surface area contributed by atoms with E-state index in [0.717, 1.165) is 20.3 Å². The fraction of sp³-hybridized carbons (Fsp3) is 0.286. The van der Waals surface area contributed by atoms with Gasteiger partial charge < -0.3 is 25.6 Å². The molecule has 0 fully saturated rings. The summed E-state index contributed by atoms with van der Waals surface area (Å²) in [5, 5.41) is 8.97. The third-order valence-electron chi connectivity index (χ3n) is 4.29. The van der Waals surface area contributed by atoms with Gasteiger partial charge >= 0.3 is 0 Å². The molecule has 8 heteroatoms. The molecule has 3 rings (SSSR count). The maximum atomic E-state index is 6.07. The van der Waals surface area contributed by atoms with Gasteiger partial charge in [-0.05, 0) is 59.9 Å². The monoisotopic (exact) mass is 411 g/mol. The minimum absolute atomic E-state index is 0.0588. The molecule has 0 radical (unpaired) electrons. The number of aromatic nitrogens is 3. The van der Waals surface area contributed by atoms with E-state index in [1.807, 2.05) is 48.5 Å². The van der Waals surface area contributed by atoms with E-state index in [1.54, 1.807) is 0 Å². The summed E-state index contributed by atoms with van der Waals surface area (Å²) in [7, 11) is 12.7. The van der Waals surface area contributed by atoms with Crippen molar-refractivity contribution in [3.05, 3.63) is 64.4 Å². The van der Waals surface area contributed by atoms with Crippen molar-refractivity contribution in [2.45, 2.75) is 0 Å². The highest BCUT2D eigenvalue weighted by Gasteiger charge is 2.11. The summed E-state index contributed by atoms with van der Waals surface area (Å²) in [5.41, 5.74) is 3.82. The first-order valence-corrected chi connectivity index (χ1v) is 9.58. The van der Waals surface area contributed by atoms with Crippen LogP contribution in [-0.4, -0.2) is 57.2 Å². The van der Waals surface area contributed by atoms with Gasteiger partial charge in [0.25, 0.3) is 0 Å². The summed E-state index contributed by atoms with van der Waals surface area (Å²) in [6.07, 6.45) is 0. The highest BCUT2D eigenvalue weighted by Crippen LogP contribution is 2.34. The van der Waals surface area contributed by atoms with Gasteiger partial charge in [-0.1, -0.05) is 11.6 Å². The molecule has 0 aliphatic heterocycles. The van der Waals surface area contributed by atoms with Crippen molar-refractivity contribution >= 4 is 46.2 Å². The average molecular weight is 412 g/mol. The van der Waals surface area contributed by atoms with Crippen molar-refractivity contribution in [2.75, 3.05) is 42.3 Å². The fourth-order valence-corrected chi connectivity index (χ4v) is 2.76. The number of quaternary nitrogens is 2. The number of nitrogens with zero attached hydrogens (tertiary/aromatic N) is 7. The van der Waals surface area contributed by atoms with Gasteiger partial charge in [-0.3, -0.25) is 8.97 Å². The molecule has 0 saturated heterocycles. The second kappa shape index (κ2) is 7.94. The van der Waals surface area contributed by atoms with Crippen LogP contribution in [0.1, 0.15) is 0 Å². The quantitative estimate of drug-likeness (QED) is 0.496. The van der Waals surface area contributed by atoms with E-state index >= 15 is 0 Å². The highest BCUT2D eigenvalue weighted by atomic mass is 35.5. The lowest BCUT2D eigenvalue weighted by Gasteiger charge is -2.24. The molecule has 152 valence electrons. The Morgan fingerprint density at radius 3 is 1.24 bits per heavy atom. The van der Waals surface area contributed by atoms with Gasteiger partial charge in [-0.2, -0.15) is 0 Å². The van der Waals surface area contributed by atoms with Crippen molar-refractivity contribution in [3.63, 3.8) is 0 Å². The summed E-state index contributed by atoms with van der Waals surface area (Å²) >= 11 is 6.07. The standard InChI is InChI=1S/C21H26ClN7/c1-28(2,3)17-11-7-15(8-12-17)23-20-25-19(22)26-21(27-20)24-16-9-13-18(14-10-16)29(4,5)6/h7-14H,1-6H3. The van der Waals surface area contributed by atoms with Crippen LogP contribution in [0.2, 0.25) is 5.28 Å². The molecule has 0 saturated carbocycles. The van der Waals surface area contributed by atoms with Gasteiger partial charge in [-0.15, -0.1) is 0 Å². The Balaban J connectivity index is 1.76. The Morgan fingerprint density at radius 1 is 0.586 bits per heavy atom. The minimum Gasteiger partial charge on any atom is -0.359 e. The van der Waals surface area contributed by atoms with Gasteiger partial charge in [-0.25, -0.2) is 0 Å². The summed E-state index contributed by atoms with van der Waals surface area (Å²) in [4.78, 5) is 12.5. The summed E-state index contributed by atoms with van der Waals surface area (Å²) in [5.74, 6) is 0.453. The molecular weight excluding hydrogens is 386 g/mol. The Kier molecular flexibility index (Phi) is 5.75. The molecule has 0 N–H and O–H groups in total. The molecule has 1 heterocycles. The SMILES string of the molecule is C[N+](C)(C)c1ccc([N-]c2nc(Cl)nc([N-]c3ccc([N+](C)(C)C)cc3)n2)cc1. The van der Waals surface area contributed by atoms with E-state index in [0.29, 0.717) is 0 Å². The number of benzene rings is 2. The number of halogens is 1. The maximum Gasteiger partial charge on any atom is 0.132 e. The van der Waals surface area contributed by atoms with E-state index < -0.39 is 0 Å². The number of hydrogen-bond donors (Lipinski definition) is 0. The van der Waals surface area contributed by atoms with Crippen LogP contribution in [0.5, 0.6) is 0 Å². The van der Waals surface area contributed by atoms with Crippen LogP contribution in [0.3, 0.4) is 0 Å². The van der Waals surface area contributed by atoms with E-state index in [1.165, 1.54) is 11.4 Å². The predicted octanol–water partition coefficient (Wildman–Crippen LogP) is 5.59. The first-order chi connectivity index (χ1) is 13.5. The Hall–Kier alpha value is -2.74. The average Bonchev–Trinajstić information content (AvgIpc) is 2.60. The van der Waals surface area contributed by atoms with Crippen LogP contribution in [0.15, 0.2) is 48.5 Å². The highest BCUT2D eigenvalue weighted by molar-refractivity contribution is 6.28. The third-order valence-corrected chi connectivity index (χ3v) is 4.46. The zero-order valence-electron chi connectivity index (χ0n) is 17.6. The molecule has 0 atom stereocenters. The van der Waals surface area contributed by atoms with Gasteiger partial charge in [0, 0.05) is 11.9 Å². The zero-order valence-corrected chi connectivity index (χ0v) is 18.4. The molecular formula is C21H26ClN7. The molecule has 0 amide bonds. The Bertz CT molecular complexity index is 894. The van der Waals surface area contributed by atoms with Crippen LogP contribution in [0, 0.1) is 0 Å². The maximum absolute atomic E-state index is 6.07. The first-order valence-electron chi connectivity index (χ1n) is 9.20. The van der Waals surface area contributed by atoms with Crippen molar-refractivity contribution < 1.29 is 0 Å². The molecule has 29 heavy (non-hydrogen) atoms. The minimum atomic E-state index is 0.0588. The van der Waals surface area contributed by atoms with E-state index in [2.05, 4.69) is 67.9 Å². The topological polar surface area (TPSA) is 66.9 Å². The lowest BCUT2D eigenvalue weighted by Crippen LogP contribution is -2.34. The fourth-order valence-electron chi connectivity index (χ4n) is 2.61. The first kappa shape index (κ1) is 21.0. The summed E-state index contributed by atoms with van der Waals surface area (Å²) < 4.78 is 1.46. The molecule has 1 aromatic heterocycles. The van der Waals surface area contributed by atoms with Gasteiger partial charge in [0.2, 0.25) is 0 Å². The van der Waals surface area contributed by atoms with Crippen molar-refractivity contribution in [1.29, 1.82) is 0 Å².